The number of halogens is 1. The van der Waals surface area contributed by atoms with E-state index in [2.05, 4.69) is 15.9 Å². The summed E-state index contributed by atoms with van der Waals surface area (Å²) < 4.78 is 5.95. The summed E-state index contributed by atoms with van der Waals surface area (Å²) in [5, 5.41) is 9.22. The van der Waals surface area contributed by atoms with Crippen molar-refractivity contribution in [3.05, 3.63) is 34.3 Å². The summed E-state index contributed by atoms with van der Waals surface area (Å²) in [6, 6.07) is 7.82. The minimum atomic E-state index is -0.715. The third-order valence-electron chi connectivity index (χ3n) is 2.87. The summed E-state index contributed by atoms with van der Waals surface area (Å²) in [7, 11) is 1.66. The van der Waals surface area contributed by atoms with E-state index < -0.39 is 5.97 Å². The van der Waals surface area contributed by atoms with Crippen LogP contribution in [0.2, 0.25) is 0 Å². The van der Waals surface area contributed by atoms with Crippen molar-refractivity contribution < 1.29 is 14.6 Å². The SMILES string of the molecule is COCCCCC(Cc1cccc(Br)c1)C(=O)O. The topological polar surface area (TPSA) is 46.5 Å². The first kappa shape index (κ1) is 15.2. The van der Waals surface area contributed by atoms with Gasteiger partial charge >= 0.3 is 5.97 Å². The fourth-order valence-electron chi connectivity index (χ4n) is 1.90. The Morgan fingerprint density at radius 3 is 2.83 bits per heavy atom. The average Bonchev–Trinajstić information content (AvgIpc) is 2.33. The van der Waals surface area contributed by atoms with Crippen LogP contribution in [0.3, 0.4) is 0 Å². The molecule has 1 aromatic rings. The molecule has 0 spiro atoms. The smallest absolute Gasteiger partial charge is 0.306 e. The van der Waals surface area contributed by atoms with E-state index in [0.717, 1.165) is 22.9 Å². The normalized spacial score (nSPS) is 12.3. The summed E-state index contributed by atoms with van der Waals surface area (Å²) in [5.74, 6) is -1.02. The van der Waals surface area contributed by atoms with Crippen molar-refractivity contribution in [1.29, 1.82) is 0 Å². The summed E-state index contributed by atoms with van der Waals surface area (Å²) >= 11 is 3.40. The number of ether oxygens (including phenoxy) is 1. The van der Waals surface area contributed by atoms with Gasteiger partial charge in [0.05, 0.1) is 5.92 Å². The number of benzene rings is 1. The lowest BCUT2D eigenvalue weighted by atomic mass is 9.94. The van der Waals surface area contributed by atoms with Gasteiger partial charge in [-0.25, -0.2) is 0 Å². The Morgan fingerprint density at radius 1 is 1.44 bits per heavy atom. The summed E-state index contributed by atoms with van der Waals surface area (Å²) in [4.78, 5) is 11.2. The maximum absolute atomic E-state index is 11.2. The van der Waals surface area contributed by atoms with Gasteiger partial charge in [0.15, 0.2) is 0 Å². The van der Waals surface area contributed by atoms with E-state index >= 15 is 0 Å². The Hall–Kier alpha value is -0.870. The largest absolute Gasteiger partial charge is 0.481 e. The van der Waals surface area contributed by atoms with Gasteiger partial charge in [0, 0.05) is 18.2 Å². The van der Waals surface area contributed by atoms with Crippen molar-refractivity contribution >= 4 is 21.9 Å². The van der Waals surface area contributed by atoms with E-state index in [1.807, 2.05) is 24.3 Å². The van der Waals surface area contributed by atoms with Crippen molar-refractivity contribution in [1.82, 2.24) is 0 Å². The van der Waals surface area contributed by atoms with Gasteiger partial charge in [-0.15, -0.1) is 0 Å². The Labute approximate surface area is 116 Å². The molecule has 0 saturated carbocycles. The number of carboxylic acids is 1. The molecule has 1 N–H and O–H groups in total. The van der Waals surface area contributed by atoms with E-state index in [0.29, 0.717) is 19.4 Å². The molecule has 0 saturated heterocycles. The molecule has 1 rings (SSSR count). The number of rotatable bonds is 8. The van der Waals surface area contributed by atoms with E-state index in [-0.39, 0.29) is 5.92 Å². The van der Waals surface area contributed by atoms with Crippen LogP contribution in [0.15, 0.2) is 28.7 Å². The van der Waals surface area contributed by atoms with Gasteiger partial charge in [0.1, 0.15) is 0 Å². The lowest BCUT2D eigenvalue weighted by Gasteiger charge is -2.12. The standard InChI is InChI=1S/C14H19BrO3/c1-18-8-3-2-6-12(14(16)17)9-11-5-4-7-13(15)10-11/h4-5,7,10,12H,2-3,6,8-9H2,1H3,(H,16,17). The van der Waals surface area contributed by atoms with Crippen LogP contribution in [0.5, 0.6) is 0 Å². The minimum absolute atomic E-state index is 0.309. The van der Waals surface area contributed by atoms with Gasteiger partial charge < -0.3 is 9.84 Å². The minimum Gasteiger partial charge on any atom is -0.481 e. The van der Waals surface area contributed by atoms with Crippen molar-refractivity contribution in [2.24, 2.45) is 5.92 Å². The Balaban J connectivity index is 2.50. The molecule has 0 amide bonds. The molecule has 100 valence electrons. The summed E-state index contributed by atoms with van der Waals surface area (Å²) in [6.07, 6.45) is 3.09. The Kier molecular flexibility index (Phi) is 6.98. The second-order valence-electron chi connectivity index (χ2n) is 4.36. The second-order valence-corrected chi connectivity index (χ2v) is 5.27. The van der Waals surface area contributed by atoms with Crippen LogP contribution in [0.4, 0.5) is 0 Å². The molecule has 0 heterocycles. The molecule has 0 radical (unpaired) electrons. The summed E-state index contributed by atoms with van der Waals surface area (Å²) in [6.45, 7) is 0.698. The van der Waals surface area contributed by atoms with E-state index in [9.17, 15) is 9.90 Å². The van der Waals surface area contributed by atoms with Crippen LogP contribution in [0, 0.1) is 5.92 Å². The van der Waals surface area contributed by atoms with Crippen LogP contribution < -0.4 is 0 Å². The van der Waals surface area contributed by atoms with Gasteiger partial charge in [0.2, 0.25) is 0 Å². The third-order valence-corrected chi connectivity index (χ3v) is 3.36. The number of methoxy groups -OCH3 is 1. The molecule has 1 unspecified atom stereocenters. The van der Waals surface area contributed by atoms with E-state index in [4.69, 9.17) is 4.74 Å². The van der Waals surface area contributed by atoms with E-state index in [1.165, 1.54) is 0 Å². The molecule has 0 bridgehead atoms. The molecule has 0 aliphatic heterocycles. The summed E-state index contributed by atoms with van der Waals surface area (Å²) in [5.41, 5.74) is 1.06. The molecule has 0 aromatic heterocycles. The van der Waals surface area contributed by atoms with Gasteiger partial charge in [-0.05, 0) is 37.0 Å². The highest BCUT2D eigenvalue weighted by molar-refractivity contribution is 9.10. The monoisotopic (exact) mass is 314 g/mol. The molecular formula is C14H19BrO3. The van der Waals surface area contributed by atoms with Gasteiger partial charge in [0.25, 0.3) is 0 Å². The van der Waals surface area contributed by atoms with Crippen LogP contribution in [0.25, 0.3) is 0 Å². The van der Waals surface area contributed by atoms with Crippen molar-refractivity contribution in [3.8, 4) is 0 Å². The molecule has 3 nitrogen and oxygen atoms in total. The molecular weight excluding hydrogens is 296 g/mol. The third kappa shape index (κ3) is 5.65. The van der Waals surface area contributed by atoms with Crippen LogP contribution in [-0.2, 0) is 16.0 Å². The van der Waals surface area contributed by atoms with Gasteiger partial charge in [-0.3, -0.25) is 4.79 Å². The van der Waals surface area contributed by atoms with Crippen LogP contribution >= 0.6 is 15.9 Å². The Morgan fingerprint density at radius 2 is 2.22 bits per heavy atom. The van der Waals surface area contributed by atoms with Crippen LogP contribution in [0.1, 0.15) is 24.8 Å². The zero-order chi connectivity index (χ0) is 13.4. The second kappa shape index (κ2) is 8.27. The first-order valence-corrected chi connectivity index (χ1v) is 6.89. The highest BCUT2D eigenvalue weighted by Crippen LogP contribution is 2.19. The maximum Gasteiger partial charge on any atom is 0.306 e. The molecule has 0 aliphatic carbocycles. The lowest BCUT2D eigenvalue weighted by molar-refractivity contribution is -0.142. The average molecular weight is 315 g/mol. The highest BCUT2D eigenvalue weighted by Gasteiger charge is 2.17. The number of carboxylic acid groups (broad SMARTS) is 1. The molecule has 0 aliphatic rings. The maximum atomic E-state index is 11.2. The molecule has 0 fully saturated rings. The quantitative estimate of drug-likeness (QED) is 0.747. The fraction of sp³-hybridized carbons (Fsp3) is 0.500. The predicted molar refractivity (Wildman–Crippen MR) is 74.7 cm³/mol. The van der Waals surface area contributed by atoms with Gasteiger partial charge in [-0.2, -0.15) is 0 Å². The van der Waals surface area contributed by atoms with Crippen molar-refractivity contribution in [3.63, 3.8) is 0 Å². The fourth-order valence-corrected chi connectivity index (χ4v) is 2.35. The molecule has 18 heavy (non-hydrogen) atoms. The highest BCUT2D eigenvalue weighted by atomic mass is 79.9. The number of carbonyl (C=O) groups is 1. The van der Waals surface area contributed by atoms with Crippen molar-refractivity contribution in [2.45, 2.75) is 25.7 Å². The predicted octanol–water partition coefficient (Wildman–Crippen LogP) is 3.51. The number of aliphatic carboxylic acids is 1. The molecule has 1 aromatic carbocycles. The Bertz CT molecular complexity index is 379. The number of hydrogen-bond donors (Lipinski definition) is 1. The van der Waals surface area contributed by atoms with Crippen molar-refractivity contribution in [2.75, 3.05) is 13.7 Å². The molecule has 1 atom stereocenters. The van der Waals surface area contributed by atoms with Crippen LogP contribution in [-0.4, -0.2) is 24.8 Å². The lowest BCUT2D eigenvalue weighted by Crippen LogP contribution is -2.16. The first-order valence-electron chi connectivity index (χ1n) is 6.09. The van der Waals surface area contributed by atoms with E-state index in [1.54, 1.807) is 7.11 Å². The number of hydrogen-bond acceptors (Lipinski definition) is 2. The van der Waals surface area contributed by atoms with Gasteiger partial charge in [-0.1, -0.05) is 34.5 Å². The molecule has 4 heteroatoms. The first-order chi connectivity index (χ1) is 8.63. The zero-order valence-electron chi connectivity index (χ0n) is 10.6. The number of unbranched alkanes of at least 4 members (excludes halogenated alkanes) is 1. The zero-order valence-corrected chi connectivity index (χ0v) is 12.1.